The van der Waals surface area contributed by atoms with Gasteiger partial charge in [-0.1, -0.05) is 18.5 Å². The van der Waals surface area contributed by atoms with Crippen LogP contribution < -0.4 is 0 Å². The van der Waals surface area contributed by atoms with Crippen LogP contribution in [0.4, 0.5) is 4.39 Å². The molecule has 1 aliphatic rings. The van der Waals surface area contributed by atoms with Crippen LogP contribution in [0.1, 0.15) is 17.3 Å². The Morgan fingerprint density at radius 1 is 1.37 bits per heavy atom. The highest BCUT2D eigenvalue weighted by Crippen LogP contribution is 2.25. The minimum absolute atomic E-state index is 0.120. The third kappa shape index (κ3) is 2.87. The Kier molecular flexibility index (Phi) is 3.75. The van der Waals surface area contributed by atoms with E-state index in [1.54, 1.807) is 6.92 Å². The van der Waals surface area contributed by atoms with Crippen LogP contribution in [0.5, 0.6) is 0 Å². The first-order valence-corrected chi connectivity index (χ1v) is 6.24. The van der Waals surface area contributed by atoms with E-state index in [0.29, 0.717) is 6.54 Å². The van der Waals surface area contributed by atoms with Crippen molar-refractivity contribution in [3.8, 4) is 0 Å². The van der Waals surface area contributed by atoms with E-state index >= 15 is 0 Å². The van der Waals surface area contributed by atoms with Gasteiger partial charge in [0, 0.05) is 23.7 Å². The van der Waals surface area contributed by atoms with Crippen molar-refractivity contribution in [2.75, 3.05) is 13.1 Å². The van der Waals surface area contributed by atoms with Gasteiger partial charge in [0.05, 0.1) is 5.92 Å². The summed E-state index contributed by atoms with van der Waals surface area (Å²) in [7, 11) is 0. The molecular weight excluding hydrogens is 273 g/mol. The highest BCUT2D eigenvalue weighted by molar-refractivity contribution is 6.31. The number of carbonyl (C=O) groups is 2. The number of nitrogens with zero attached hydrogens (tertiary/aromatic N) is 1. The lowest BCUT2D eigenvalue weighted by Gasteiger charge is -2.16. The SMILES string of the molecule is C[C@@H]1CN(C(=O)c2cc(F)cc(Cl)c2)C[C@H]1C(=O)O. The molecular formula is C13H13ClFNO3. The highest BCUT2D eigenvalue weighted by atomic mass is 35.5. The first kappa shape index (κ1) is 13.8. The van der Waals surface area contributed by atoms with Gasteiger partial charge in [-0.25, -0.2) is 4.39 Å². The van der Waals surface area contributed by atoms with Crippen LogP contribution in [0.3, 0.4) is 0 Å². The summed E-state index contributed by atoms with van der Waals surface area (Å²) < 4.78 is 13.2. The van der Waals surface area contributed by atoms with E-state index in [1.165, 1.54) is 11.0 Å². The number of carboxylic acid groups (broad SMARTS) is 1. The quantitative estimate of drug-likeness (QED) is 0.907. The summed E-state index contributed by atoms with van der Waals surface area (Å²) >= 11 is 5.70. The van der Waals surface area contributed by atoms with Crippen LogP contribution in [0.2, 0.25) is 5.02 Å². The predicted molar refractivity (Wildman–Crippen MR) is 67.6 cm³/mol. The maximum absolute atomic E-state index is 13.2. The molecule has 2 rings (SSSR count). The molecule has 0 spiro atoms. The summed E-state index contributed by atoms with van der Waals surface area (Å²) in [5.74, 6) is -2.59. The van der Waals surface area contributed by atoms with Crippen LogP contribution in [-0.2, 0) is 4.79 Å². The number of benzene rings is 1. The zero-order valence-corrected chi connectivity index (χ0v) is 11.0. The average Bonchev–Trinajstić information content (AvgIpc) is 2.69. The fourth-order valence-corrected chi connectivity index (χ4v) is 2.54. The summed E-state index contributed by atoms with van der Waals surface area (Å²) in [6.45, 7) is 2.28. The first-order chi connectivity index (χ1) is 8.88. The average molecular weight is 286 g/mol. The van der Waals surface area contributed by atoms with Gasteiger partial charge in [-0.15, -0.1) is 0 Å². The first-order valence-electron chi connectivity index (χ1n) is 5.86. The number of halogens is 2. The van der Waals surface area contributed by atoms with Crippen molar-refractivity contribution in [3.63, 3.8) is 0 Å². The molecule has 2 atom stereocenters. The lowest BCUT2D eigenvalue weighted by molar-refractivity contribution is -0.142. The molecule has 0 unspecified atom stereocenters. The zero-order valence-electron chi connectivity index (χ0n) is 10.3. The van der Waals surface area contributed by atoms with Crippen molar-refractivity contribution < 1.29 is 19.1 Å². The van der Waals surface area contributed by atoms with E-state index < -0.39 is 23.6 Å². The van der Waals surface area contributed by atoms with Gasteiger partial charge in [-0.2, -0.15) is 0 Å². The largest absolute Gasteiger partial charge is 0.481 e. The second-order valence-corrected chi connectivity index (χ2v) is 5.23. The zero-order chi connectivity index (χ0) is 14.2. The van der Waals surface area contributed by atoms with Crippen molar-refractivity contribution in [1.82, 2.24) is 4.90 Å². The normalized spacial score (nSPS) is 22.6. The molecule has 102 valence electrons. The second-order valence-electron chi connectivity index (χ2n) is 4.79. The molecule has 1 aliphatic heterocycles. The van der Waals surface area contributed by atoms with Crippen LogP contribution in [-0.4, -0.2) is 35.0 Å². The summed E-state index contributed by atoms with van der Waals surface area (Å²) in [5, 5.41) is 9.17. The van der Waals surface area contributed by atoms with E-state index in [9.17, 15) is 14.0 Å². The van der Waals surface area contributed by atoms with Gasteiger partial charge in [0.2, 0.25) is 0 Å². The number of hydrogen-bond donors (Lipinski definition) is 1. The predicted octanol–water partition coefficient (Wildman–Crippen LogP) is 2.27. The Morgan fingerprint density at radius 2 is 2.05 bits per heavy atom. The topological polar surface area (TPSA) is 57.6 Å². The summed E-state index contributed by atoms with van der Waals surface area (Å²) in [4.78, 5) is 24.6. The Labute approximate surface area is 114 Å². The fourth-order valence-electron chi connectivity index (χ4n) is 2.31. The number of rotatable bonds is 2. The van der Waals surface area contributed by atoms with Gasteiger partial charge >= 0.3 is 5.97 Å². The lowest BCUT2D eigenvalue weighted by Crippen LogP contribution is -2.30. The number of likely N-dealkylation sites (tertiary alicyclic amines) is 1. The van der Waals surface area contributed by atoms with Gasteiger partial charge in [0.15, 0.2) is 0 Å². The Bertz CT molecular complexity index is 514. The molecule has 19 heavy (non-hydrogen) atoms. The lowest BCUT2D eigenvalue weighted by atomic mass is 9.99. The van der Waals surface area contributed by atoms with Gasteiger partial charge in [0.1, 0.15) is 5.82 Å². The van der Waals surface area contributed by atoms with Crippen molar-refractivity contribution in [3.05, 3.63) is 34.6 Å². The van der Waals surface area contributed by atoms with E-state index in [0.717, 1.165) is 12.1 Å². The molecule has 6 heteroatoms. The number of carboxylic acids is 1. The molecule has 0 aliphatic carbocycles. The number of hydrogen-bond acceptors (Lipinski definition) is 2. The van der Waals surface area contributed by atoms with E-state index in [-0.39, 0.29) is 23.0 Å². The van der Waals surface area contributed by atoms with Crippen molar-refractivity contribution >= 4 is 23.5 Å². The van der Waals surface area contributed by atoms with Crippen LogP contribution in [0.25, 0.3) is 0 Å². The van der Waals surface area contributed by atoms with Crippen molar-refractivity contribution in [2.24, 2.45) is 11.8 Å². The summed E-state index contributed by atoms with van der Waals surface area (Å²) in [5.41, 5.74) is 0.142. The van der Waals surface area contributed by atoms with E-state index in [1.807, 2.05) is 0 Å². The minimum atomic E-state index is -0.917. The Balaban J connectivity index is 2.19. The number of aliphatic carboxylic acids is 1. The minimum Gasteiger partial charge on any atom is -0.481 e. The maximum Gasteiger partial charge on any atom is 0.308 e. The molecule has 0 bridgehead atoms. The third-order valence-electron chi connectivity index (χ3n) is 3.33. The highest BCUT2D eigenvalue weighted by Gasteiger charge is 2.37. The molecule has 0 saturated carbocycles. The fraction of sp³-hybridized carbons (Fsp3) is 0.385. The van der Waals surface area contributed by atoms with Crippen LogP contribution in [0, 0.1) is 17.7 Å². The number of carbonyl (C=O) groups excluding carboxylic acids is 1. The molecule has 1 aromatic rings. The number of amides is 1. The molecule has 1 heterocycles. The van der Waals surface area contributed by atoms with Gasteiger partial charge in [0.25, 0.3) is 5.91 Å². The second kappa shape index (κ2) is 5.17. The Morgan fingerprint density at radius 3 is 2.58 bits per heavy atom. The standard InChI is InChI=1S/C13H13ClFNO3/c1-7-5-16(6-11(7)13(18)19)12(17)8-2-9(14)4-10(15)3-8/h2-4,7,11H,5-6H2,1H3,(H,18,19)/t7-,11-/m1/s1. The summed E-state index contributed by atoms with van der Waals surface area (Å²) in [6, 6.07) is 3.60. The molecule has 0 radical (unpaired) electrons. The molecule has 1 fully saturated rings. The van der Waals surface area contributed by atoms with Crippen LogP contribution in [0.15, 0.2) is 18.2 Å². The van der Waals surface area contributed by atoms with E-state index in [2.05, 4.69) is 0 Å². The van der Waals surface area contributed by atoms with E-state index in [4.69, 9.17) is 16.7 Å². The van der Waals surface area contributed by atoms with Crippen LogP contribution >= 0.6 is 11.6 Å². The third-order valence-corrected chi connectivity index (χ3v) is 3.54. The van der Waals surface area contributed by atoms with Gasteiger partial charge < -0.3 is 10.0 Å². The molecule has 4 nitrogen and oxygen atoms in total. The molecule has 0 aromatic heterocycles. The van der Waals surface area contributed by atoms with Crippen molar-refractivity contribution in [2.45, 2.75) is 6.92 Å². The molecule has 1 saturated heterocycles. The molecule has 1 amide bonds. The monoisotopic (exact) mass is 285 g/mol. The van der Waals surface area contributed by atoms with Crippen molar-refractivity contribution in [1.29, 1.82) is 0 Å². The van der Waals surface area contributed by atoms with Gasteiger partial charge in [-0.3, -0.25) is 9.59 Å². The van der Waals surface area contributed by atoms with Gasteiger partial charge in [-0.05, 0) is 24.1 Å². The molecule has 1 N–H and O–H groups in total. The smallest absolute Gasteiger partial charge is 0.308 e. The maximum atomic E-state index is 13.2. The summed E-state index contributed by atoms with van der Waals surface area (Å²) in [6.07, 6.45) is 0. The molecule has 1 aromatic carbocycles. The Hall–Kier alpha value is -1.62.